The molecule has 0 bridgehead atoms. The normalized spacial score (nSPS) is 10.9. The van der Waals surface area contributed by atoms with E-state index < -0.39 is 0 Å². The lowest BCUT2D eigenvalue weighted by Crippen LogP contribution is -2.14. The van der Waals surface area contributed by atoms with Gasteiger partial charge in [0.2, 0.25) is 0 Å². The highest BCUT2D eigenvalue weighted by atomic mass is 16.7. The maximum atomic E-state index is 5.21. The summed E-state index contributed by atoms with van der Waals surface area (Å²) in [4.78, 5) is 8.79. The zero-order valence-electron chi connectivity index (χ0n) is 11.2. The number of ether oxygens (including phenoxy) is 2. The summed E-state index contributed by atoms with van der Waals surface area (Å²) in [5.41, 5.74) is 2.97. The highest BCUT2D eigenvalue weighted by Gasteiger charge is 2.10. The monoisotopic (exact) mass is 258 g/mol. The highest BCUT2D eigenvalue weighted by Crippen LogP contribution is 2.20. The van der Waals surface area contributed by atoms with Gasteiger partial charge in [-0.05, 0) is 30.2 Å². The molecular weight excluding hydrogens is 240 g/mol. The SMILES string of the molecule is COC(CCc1cccnc1-c1ccccn1)OC. The van der Waals surface area contributed by atoms with E-state index in [1.807, 2.05) is 24.3 Å². The first-order valence-electron chi connectivity index (χ1n) is 6.26. The van der Waals surface area contributed by atoms with Crippen LogP contribution in [0.4, 0.5) is 0 Å². The van der Waals surface area contributed by atoms with E-state index in [9.17, 15) is 0 Å². The van der Waals surface area contributed by atoms with Crippen LogP contribution in [0, 0.1) is 0 Å². The van der Waals surface area contributed by atoms with Crippen LogP contribution in [0.3, 0.4) is 0 Å². The van der Waals surface area contributed by atoms with Gasteiger partial charge in [0, 0.05) is 33.0 Å². The quantitative estimate of drug-likeness (QED) is 0.747. The molecule has 0 spiro atoms. The molecule has 0 saturated carbocycles. The van der Waals surface area contributed by atoms with Gasteiger partial charge in [-0.25, -0.2) is 0 Å². The molecule has 4 heteroatoms. The first-order valence-corrected chi connectivity index (χ1v) is 6.26. The van der Waals surface area contributed by atoms with Crippen molar-refractivity contribution in [2.24, 2.45) is 0 Å². The summed E-state index contributed by atoms with van der Waals surface area (Å²) in [5.74, 6) is 0. The third-order valence-electron chi connectivity index (χ3n) is 2.97. The number of aromatic nitrogens is 2. The molecule has 100 valence electrons. The maximum Gasteiger partial charge on any atom is 0.157 e. The first kappa shape index (κ1) is 13.6. The van der Waals surface area contributed by atoms with E-state index in [0.717, 1.165) is 29.8 Å². The minimum atomic E-state index is -0.184. The van der Waals surface area contributed by atoms with Crippen molar-refractivity contribution in [3.63, 3.8) is 0 Å². The van der Waals surface area contributed by atoms with E-state index in [0.29, 0.717) is 0 Å². The van der Waals surface area contributed by atoms with Crippen molar-refractivity contribution in [2.75, 3.05) is 14.2 Å². The van der Waals surface area contributed by atoms with Crippen LogP contribution in [0.2, 0.25) is 0 Å². The molecule has 2 aromatic heterocycles. The topological polar surface area (TPSA) is 44.2 Å². The zero-order chi connectivity index (χ0) is 13.5. The molecule has 0 radical (unpaired) electrons. The van der Waals surface area contributed by atoms with Crippen molar-refractivity contribution in [1.82, 2.24) is 9.97 Å². The summed E-state index contributed by atoms with van der Waals surface area (Å²) in [6, 6.07) is 9.84. The second kappa shape index (κ2) is 6.97. The van der Waals surface area contributed by atoms with Crippen molar-refractivity contribution in [1.29, 1.82) is 0 Å². The Labute approximate surface area is 113 Å². The van der Waals surface area contributed by atoms with Crippen LogP contribution in [-0.2, 0) is 15.9 Å². The average molecular weight is 258 g/mol. The summed E-state index contributed by atoms with van der Waals surface area (Å²) in [6.45, 7) is 0. The van der Waals surface area contributed by atoms with Gasteiger partial charge in [-0.3, -0.25) is 9.97 Å². The van der Waals surface area contributed by atoms with Crippen LogP contribution in [0.15, 0.2) is 42.7 Å². The number of rotatable bonds is 6. The highest BCUT2D eigenvalue weighted by molar-refractivity contribution is 5.58. The van der Waals surface area contributed by atoms with Gasteiger partial charge >= 0.3 is 0 Å². The third-order valence-corrected chi connectivity index (χ3v) is 2.97. The Balaban J connectivity index is 2.17. The first-order chi connectivity index (χ1) is 9.35. The van der Waals surface area contributed by atoms with Gasteiger partial charge in [0.25, 0.3) is 0 Å². The van der Waals surface area contributed by atoms with E-state index in [1.54, 1.807) is 26.6 Å². The number of pyridine rings is 2. The lowest BCUT2D eigenvalue weighted by Gasteiger charge is -2.14. The van der Waals surface area contributed by atoms with Gasteiger partial charge in [0.1, 0.15) is 0 Å². The third kappa shape index (κ3) is 3.59. The molecule has 0 saturated heterocycles. The number of hydrogen-bond donors (Lipinski definition) is 0. The molecule has 2 aromatic rings. The Hall–Kier alpha value is -1.78. The molecule has 0 fully saturated rings. The minimum Gasteiger partial charge on any atom is -0.356 e. The smallest absolute Gasteiger partial charge is 0.157 e. The molecule has 4 nitrogen and oxygen atoms in total. The standard InChI is InChI=1S/C15H18N2O2/c1-18-14(19-2)9-8-12-6-5-11-17-15(12)13-7-3-4-10-16-13/h3-7,10-11,14H,8-9H2,1-2H3. The molecule has 0 unspecified atom stereocenters. The summed E-state index contributed by atoms with van der Waals surface area (Å²) in [5, 5.41) is 0. The van der Waals surface area contributed by atoms with Crippen molar-refractivity contribution in [2.45, 2.75) is 19.1 Å². The van der Waals surface area contributed by atoms with Gasteiger partial charge in [0.15, 0.2) is 6.29 Å². The molecule has 0 atom stereocenters. The Morgan fingerprint density at radius 2 is 1.79 bits per heavy atom. The van der Waals surface area contributed by atoms with Crippen molar-refractivity contribution in [3.05, 3.63) is 48.3 Å². The zero-order valence-corrected chi connectivity index (χ0v) is 11.2. The number of hydrogen-bond acceptors (Lipinski definition) is 4. The molecule has 2 heterocycles. The van der Waals surface area contributed by atoms with Crippen LogP contribution in [0.5, 0.6) is 0 Å². The largest absolute Gasteiger partial charge is 0.356 e. The van der Waals surface area contributed by atoms with Crippen molar-refractivity contribution < 1.29 is 9.47 Å². The van der Waals surface area contributed by atoms with Crippen LogP contribution in [0.25, 0.3) is 11.4 Å². The van der Waals surface area contributed by atoms with Gasteiger partial charge < -0.3 is 9.47 Å². The lowest BCUT2D eigenvalue weighted by atomic mass is 10.1. The number of methoxy groups -OCH3 is 2. The van der Waals surface area contributed by atoms with E-state index in [-0.39, 0.29) is 6.29 Å². The predicted molar refractivity (Wildman–Crippen MR) is 73.6 cm³/mol. The van der Waals surface area contributed by atoms with E-state index >= 15 is 0 Å². The fourth-order valence-corrected chi connectivity index (χ4v) is 1.98. The molecule has 2 rings (SSSR count). The summed E-state index contributed by atoms with van der Waals surface area (Å²) >= 11 is 0. The van der Waals surface area contributed by atoms with Crippen molar-refractivity contribution >= 4 is 0 Å². The lowest BCUT2D eigenvalue weighted by molar-refractivity contribution is -0.105. The van der Waals surface area contributed by atoms with Gasteiger partial charge in [-0.1, -0.05) is 12.1 Å². The number of aryl methyl sites for hydroxylation is 1. The molecule has 0 aliphatic heterocycles. The molecule has 0 aliphatic rings. The van der Waals surface area contributed by atoms with Crippen LogP contribution in [-0.4, -0.2) is 30.5 Å². The summed E-state index contributed by atoms with van der Waals surface area (Å²) < 4.78 is 10.4. The van der Waals surface area contributed by atoms with Gasteiger partial charge in [-0.2, -0.15) is 0 Å². The molecular formula is C15H18N2O2. The Bertz CT molecular complexity index is 499. The second-order valence-corrected chi connectivity index (χ2v) is 4.17. The fourth-order valence-electron chi connectivity index (χ4n) is 1.98. The Morgan fingerprint density at radius 1 is 1.00 bits per heavy atom. The van der Waals surface area contributed by atoms with E-state index in [4.69, 9.17) is 9.47 Å². The molecule has 0 N–H and O–H groups in total. The van der Waals surface area contributed by atoms with E-state index in [2.05, 4.69) is 16.0 Å². The molecule has 0 aliphatic carbocycles. The second-order valence-electron chi connectivity index (χ2n) is 4.17. The Morgan fingerprint density at radius 3 is 2.47 bits per heavy atom. The molecule has 0 amide bonds. The molecule has 19 heavy (non-hydrogen) atoms. The van der Waals surface area contributed by atoms with Crippen LogP contribution < -0.4 is 0 Å². The minimum absolute atomic E-state index is 0.184. The fraction of sp³-hybridized carbons (Fsp3) is 0.333. The van der Waals surface area contributed by atoms with Crippen LogP contribution >= 0.6 is 0 Å². The number of nitrogens with zero attached hydrogens (tertiary/aromatic N) is 2. The van der Waals surface area contributed by atoms with Crippen LogP contribution in [0.1, 0.15) is 12.0 Å². The summed E-state index contributed by atoms with van der Waals surface area (Å²) in [6.07, 6.45) is 5.01. The van der Waals surface area contributed by atoms with Crippen molar-refractivity contribution in [3.8, 4) is 11.4 Å². The predicted octanol–water partition coefficient (Wildman–Crippen LogP) is 2.70. The average Bonchev–Trinajstić information content (AvgIpc) is 2.49. The Kier molecular flexibility index (Phi) is 5.01. The maximum absolute atomic E-state index is 5.21. The molecule has 0 aromatic carbocycles. The summed E-state index contributed by atoms with van der Waals surface area (Å²) in [7, 11) is 3.30. The van der Waals surface area contributed by atoms with E-state index in [1.165, 1.54) is 0 Å². The van der Waals surface area contributed by atoms with Gasteiger partial charge in [0.05, 0.1) is 11.4 Å². The van der Waals surface area contributed by atoms with Gasteiger partial charge in [-0.15, -0.1) is 0 Å².